The Morgan fingerprint density at radius 2 is 1.67 bits per heavy atom. The Hall–Kier alpha value is -5.36. The van der Waals surface area contributed by atoms with E-state index >= 15 is 0 Å². The lowest BCUT2D eigenvalue weighted by Gasteiger charge is -2.34. The van der Waals surface area contributed by atoms with Gasteiger partial charge in [0.25, 0.3) is 0 Å². The molecule has 2 N–H and O–H groups in total. The van der Waals surface area contributed by atoms with Crippen LogP contribution in [0.15, 0.2) is 127 Å². The summed E-state index contributed by atoms with van der Waals surface area (Å²) in [6, 6.07) is 30.8. The summed E-state index contributed by atoms with van der Waals surface area (Å²) in [5.74, 6) is -0.0849. The molecule has 4 aromatic rings. The van der Waals surface area contributed by atoms with Crippen LogP contribution in [0.25, 0.3) is 5.57 Å². The summed E-state index contributed by atoms with van der Waals surface area (Å²) in [6.07, 6.45) is 10.8. The summed E-state index contributed by atoms with van der Waals surface area (Å²) >= 11 is 0. The van der Waals surface area contributed by atoms with E-state index in [2.05, 4.69) is 58.8 Å². The van der Waals surface area contributed by atoms with Crippen LogP contribution in [-0.2, 0) is 17.8 Å². The van der Waals surface area contributed by atoms with Crippen LogP contribution in [0, 0.1) is 13.8 Å². The maximum Gasteiger partial charge on any atom is 0.326 e. The van der Waals surface area contributed by atoms with Crippen molar-refractivity contribution in [3.05, 3.63) is 160 Å². The average Bonchev–Trinajstić information content (AvgIpc) is 3.34. The van der Waals surface area contributed by atoms with Gasteiger partial charge in [-0.3, -0.25) is 4.79 Å². The second-order valence-corrected chi connectivity index (χ2v) is 11.5. The Balaban J connectivity index is 0.000000400. The minimum Gasteiger partial charge on any atom is -0.492 e. The molecule has 6 rings (SSSR count). The van der Waals surface area contributed by atoms with Gasteiger partial charge in [0.15, 0.2) is 0 Å². The van der Waals surface area contributed by atoms with Crippen molar-refractivity contribution in [3.63, 3.8) is 0 Å². The Labute approximate surface area is 271 Å². The maximum atomic E-state index is 11.9. The van der Waals surface area contributed by atoms with E-state index in [0.717, 1.165) is 53.9 Å². The number of para-hydroxylation sites is 1. The number of hydrogen-bond acceptors (Lipinski definition) is 5. The van der Waals surface area contributed by atoms with E-state index < -0.39 is 12.0 Å². The highest BCUT2D eigenvalue weighted by molar-refractivity contribution is 5.81. The zero-order valence-corrected chi connectivity index (χ0v) is 26.4. The van der Waals surface area contributed by atoms with Crippen LogP contribution in [0.2, 0.25) is 0 Å². The number of carboxylic acid groups (broad SMARTS) is 1. The number of aryl methyl sites for hydroxylation is 2. The van der Waals surface area contributed by atoms with E-state index in [1.165, 1.54) is 28.0 Å². The van der Waals surface area contributed by atoms with Crippen molar-refractivity contribution in [2.45, 2.75) is 39.3 Å². The van der Waals surface area contributed by atoms with Crippen LogP contribution in [0.1, 0.15) is 44.6 Å². The third-order valence-electron chi connectivity index (χ3n) is 8.16. The number of ether oxygens (including phenoxy) is 1. The Bertz CT molecular complexity index is 1740. The molecule has 0 radical (unpaired) electrons. The van der Waals surface area contributed by atoms with Gasteiger partial charge < -0.3 is 20.1 Å². The number of anilines is 1. The number of nitrogens with zero attached hydrogens (tertiary/aromatic N) is 1. The van der Waals surface area contributed by atoms with Crippen molar-refractivity contribution in [1.29, 1.82) is 0 Å². The molecular formula is C40H40N2O4. The molecule has 1 heterocycles. The molecule has 4 aromatic carbocycles. The summed E-state index contributed by atoms with van der Waals surface area (Å²) in [6.45, 7) is 6.20. The monoisotopic (exact) mass is 612 g/mol. The standard InChI is InChI=1S/C32H32N2O3.C8H8O/c1-23-9-5-8-13-29(23)33-30(32(35)36)21-24-15-17-26(18-16-24)37-20-19-34-22-25-10-6-7-11-27(25)28-12-3-2-4-14-31(28)34;1-7-2-4-8(6-9)5-3-7/h2-13,15-18,30,33H,14,19-22H2,1H3,(H,35,36);2-6H,1H3. The lowest BCUT2D eigenvalue weighted by atomic mass is 9.92. The Kier molecular flexibility index (Phi) is 10.9. The normalized spacial score (nSPS) is 13.8. The third-order valence-corrected chi connectivity index (χ3v) is 8.16. The van der Waals surface area contributed by atoms with Gasteiger partial charge in [-0.1, -0.05) is 109 Å². The maximum absolute atomic E-state index is 11.9. The highest BCUT2D eigenvalue weighted by Crippen LogP contribution is 2.35. The minimum atomic E-state index is -0.872. The molecule has 1 atom stereocenters. The number of aliphatic carboxylic acids is 1. The largest absolute Gasteiger partial charge is 0.492 e. The number of aldehydes is 1. The van der Waals surface area contributed by atoms with Crippen LogP contribution in [-0.4, -0.2) is 41.5 Å². The smallest absolute Gasteiger partial charge is 0.326 e. The van der Waals surface area contributed by atoms with E-state index in [1.54, 1.807) is 0 Å². The zero-order chi connectivity index (χ0) is 32.3. The zero-order valence-electron chi connectivity index (χ0n) is 26.4. The quantitative estimate of drug-likeness (QED) is 0.177. The molecule has 0 saturated heterocycles. The SMILES string of the molecule is Cc1ccc(C=O)cc1.Cc1ccccc1NC(Cc1ccc(OCCN2Cc3ccccc3C3=C2CC=CC=C3)cc1)C(=O)O. The molecular weight excluding hydrogens is 572 g/mol. The molecule has 0 saturated carbocycles. The van der Waals surface area contributed by atoms with E-state index in [1.807, 2.05) is 86.6 Å². The van der Waals surface area contributed by atoms with Crippen molar-refractivity contribution >= 4 is 23.5 Å². The third kappa shape index (κ3) is 8.42. The first kappa shape index (κ1) is 32.0. The summed E-state index contributed by atoms with van der Waals surface area (Å²) in [7, 11) is 0. The van der Waals surface area contributed by atoms with Crippen LogP contribution < -0.4 is 10.1 Å². The molecule has 2 aliphatic rings. The van der Waals surface area contributed by atoms with Gasteiger partial charge in [0.1, 0.15) is 24.7 Å². The molecule has 46 heavy (non-hydrogen) atoms. The molecule has 1 aliphatic carbocycles. The van der Waals surface area contributed by atoms with Gasteiger partial charge >= 0.3 is 5.97 Å². The minimum absolute atomic E-state index is 0.384. The molecule has 234 valence electrons. The average molecular weight is 613 g/mol. The topological polar surface area (TPSA) is 78.9 Å². The van der Waals surface area contributed by atoms with Gasteiger partial charge in [-0.05, 0) is 54.3 Å². The number of fused-ring (bicyclic) bond motifs is 2. The summed E-state index contributed by atoms with van der Waals surface area (Å²) in [5, 5.41) is 12.9. The number of carbonyl (C=O) groups excluding carboxylic acids is 1. The fraction of sp³-hybridized carbons (Fsp3) is 0.200. The Morgan fingerprint density at radius 1 is 0.935 bits per heavy atom. The Morgan fingerprint density at radius 3 is 2.41 bits per heavy atom. The summed E-state index contributed by atoms with van der Waals surface area (Å²) < 4.78 is 6.09. The first-order valence-corrected chi connectivity index (χ1v) is 15.6. The predicted octanol–water partition coefficient (Wildman–Crippen LogP) is 8.03. The molecule has 0 amide bonds. The number of allylic oxidation sites excluding steroid dienone is 5. The second kappa shape index (κ2) is 15.6. The molecule has 0 fully saturated rings. The van der Waals surface area contributed by atoms with Crippen LogP contribution >= 0.6 is 0 Å². The highest BCUT2D eigenvalue weighted by Gasteiger charge is 2.23. The number of benzene rings is 4. The first-order chi connectivity index (χ1) is 22.4. The fourth-order valence-electron chi connectivity index (χ4n) is 5.60. The number of carbonyl (C=O) groups is 2. The lowest BCUT2D eigenvalue weighted by Crippen LogP contribution is -2.31. The molecule has 6 nitrogen and oxygen atoms in total. The predicted molar refractivity (Wildman–Crippen MR) is 185 cm³/mol. The van der Waals surface area contributed by atoms with E-state index in [9.17, 15) is 14.7 Å². The van der Waals surface area contributed by atoms with Gasteiger partial charge in [0.05, 0.1) is 6.54 Å². The lowest BCUT2D eigenvalue weighted by molar-refractivity contribution is -0.137. The van der Waals surface area contributed by atoms with E-state index in [0.29, 0.717) is 13.0 Å². The van der Waals surface area contributed by atoms with Gasteiger partial charge in [0, 0.05) is 41.9 Å². The number of rotatable bonds is 10. The van der Waals surface area contributed by atoms with E-state index in [-0.39, 0.29) is 0 Å². The molecule has 0 spiro atoms. The van der Waals surface area contributed by atoms with Crippen molar-refractivity contribution in [3.8, 4) is 5.75 Å². The van der Waals surface area contributed by atoms with Gasteiger partial charge in [0.2, 0.25) is 0 Å². The van der Waals surface area contributed by atoms with E-state index in [4.69, 9.17) is 4.74 Å². The van der Waals surface area contributed by atoms with Crippen molar-refractivity contribution in [1.82, 2.24) is 4.90 Å². The molecule has 6 heteroatoms. The van der Waals surface area contributed by atoms with Crippen LogP contribution in [0.3, 0.4) is 0 Å². The second-order valence-electron chi connectivity index (χ2n) is 11.5. The number of hydrogen-bond donors (Lipinski definition) is 2. The van der Waals surface area contributed by atoms with Crippen molar-refractivity contribution < 1.29 is 19.4 Å². The van der Waals surface area contributed by atoms with Crippen LogP contribution in [0.4, 0.5) is 5.69 Å². The fourth-order valence-corrected chi connectivity index (χ4v) is 5.60. The molecule has 0 bridgehead atoms. The van der Waals surface area contributed by atoms with Gasteiger partial charge in [-0.15, -0.1) is 0 Å². The van der Waals surface area contributed by atoms with Gasteiger partial charge in [-0.2, -0.15) is 0 Å². The molecule has 0 aromatic heterocycles. The summed E-state index contributed by atoms with van der Waals surface area (Å²) in [4.78, 5) is 24.4. The van der Waals surface area contributed by atoms with Crippen molar-refractivity contribution in [2.75, 3.05) is 18.5 Å². The highest BCUT2D eigenvalue weighted by atomic mass is 16.5. The van der Waals surface area contributed by atoms with Crippen molar-refractivity contribution in [2.24, 2.45) is 0 Å². The number of carboxylic acids is 1. The van der Waals surface area contributed by atoms with Gasteiger partial charge in [-0.25, -0.2) is 4.79 Å². The molecule has 1 aliphatic heterocycles. The van der Waals surface area contributed by atoms with Crippen LogP contribution in [0.5, 0.6) is 5.75 Å². The first-order valence-electron chi connectivity index (χ1n) is 15.6. The number of nitrogens with one attached hydrogen (secondary N) is 1. The summed E-state index contributed by atoms with van der Waals surface area (Å²) in [5.41, 5.74) is 10.0. The molecule has 1 unspecified atom stereocenters.